The van der Waals surface area contributed by atoms with E-state index in [4.69, 9.17) is 5.73 Å². The van der Waals surface area contributed by atoms with Crippen molar-refractivity contribution < 1.29 is 9.59 Å². The molecule has 1 saturated heterocycles. The Morgan fingerprint density at radius 2 is 1.78 bits per heavy atom. The van der Waals surface area contributed by atoms with Gasteiger partial charge >= 0.3 is 0 Å². The molecular weight excluding hydrogens is 362 g/mol. The number of anilines is 1. The molecule has 0 bridgehead atoms. The van der Waals surface area contributed by atoms with Crippen molar-refractivity contribution in [3.63, 3.8) is 0 Å². The van der Waals surface area contributed by atoms with Crippen LogP contribution < -0.4 is 10.6 Å². The van der Waals surface area contributed by atoms with E-state index in [2.05, 4.69) is 6.92 Å². The van der Waals surface area contributed by atoms with E-state index < -0.39 is 0 Å². The Labute approximate surface area is 166 Å². The van der Waals surface area contributed by atoms with Crippen LogP contribution in [0.3, 0.4) is 0 Å². The van der Waals surface area contributed by atoms with Gasteiger partial charge in [0, 0.05) is 37.0 Å². The molecule has 1 fully saturated rings. The zero-order valence-corrected chi connectivity index (χ0v) is 16.5. The van der Waals surface area contributed by atoms with Crippen molar-refractivity contribution in [3.05, 3.63) is 65.7 Å². The summed E-state index contributed by atoms with van der Waals surface area (Å²) in [5, 5.41) is 0. The molecule has 0 spiro atoms. The topological polar surface area (TPSA) is 66.6 Å². The summed E-state index contributed by atoms with van der Waals surface area (Å²) in [6.45, 7) is 4.03. The summed E-state index contributed by atoms with van der Waals surface area (Å²) < 4.78 is 0. The van der Waals surface area contributed by atoms with E-state index in [-0.39, 0.29) is 29.6 Å². The van der Waals surface area contributed by atoms with E-state index >= 15 is 0 Å². The molecule has 1 heterocycles. The first kappa shape index (κ1) is 20.9. The van der Waals surface area contributed by atoms with Crippen LogP contribution in [0.5, 0.6) is 0 Å². The summed E-state index contributed by atoms with van der Waals surface area (Å²) in [5.41, 5.74) is 7.67. The maximum atomic E-state index is 12.8. The molecule has 0 saturated carbocycles. The Kier molecular flexibility index (Phi) is 6.63. The molecule has 5 nitrogen and oxygen atoms in total. The molecular formula is C21H26ClN3O2. The largest absolute Gasteiger partial charge is 0.338 e. The molecule has 27 heavy (non-hydrogen) atoms. The SMILES string of the molecule is CN(C(=O)c1cccc(C(=O)N2CCC(C)(CN)C2)c1)c1ccccc1.Cl. The molecule has 0 radical (unpaired) electrons. The number of carbonyl (C=O) groups excluding carboxylic acids is 2. The summed E-state index contributed by atoms with van der Waals surface area (Å²) >= 11 is 0. The number of carbonyl (C=O) groups is 2. The number of hydrogen-bond acceptors (Lipinski definition) is 3. The van der Waals surface area contributed by atoms with Gasteiger partial charge in [-0.25, -0.2) is 0 Å². The van der Waals surface area contributed by atoms with Crippen molar-refractivity contribution in [1.29, 1.82) is 0 Å². The van der Waals surface area contributed by atoms with Gasteiger partial charge in [0.05, 0.1) is 0 Å². The summed E-state index contributed by atoms with van der Waals surface area (Å²) in [7, 11) is 1.74. The first-order valence-corrected chi connectivity index (χ1v) is 8.86. The number of benzene rings is 2. The van der Waals surface area contributed by atoms with Crippen molar-refractivity contribution in [1.82, 2.24) is 4.90 Å². The van der Waals surface area contributed by atoms with E-state index in [1.54, 1.807) is 36.2 Å². The number of halogens is 1. The first-order valence-electron chi connectivity index (χ1n) is 8.86. The number of amides is 2. The Morgan fingerprint density at radius 3 is 2.41 bits per heavy atom. The third-order valence-electron chi connectivity index (χ3n) is 5.14. The molecule has 3 rings (SSSR count). The van der Waals surface area contributed by atoms with Gasteiger partial charge in [0.2, 0.25) is 0 Å². The highest BCUT2D eigenvalue weighted by Crippen LogP contribution is 2.29. The summed E-state index contributed by atoms with van der Waals surface area (Å²) in [6.07, 6.45) is 0.907. The lowest BCUT2D eigenvalue weighted by atomic mass is 9.90. The molecule has 6 heteroatoms. The van der Waals surface area contributed by atoms with Crippen LogP contribution in [0.1, 0.15) is 34.1 Å². The van der Waals surface area contributed by atoms with E-state index in [0.29, 0.717) is 30.8 Å². The minimum atomic E-state index is -0.140. The zero-order chi connectivity index (χ0) is 18.7. The molecule has 2 aromatic carbocycles. The molecule has 0 aromatic heterocycles. The highest BCUT2D eigenvalue weighted by atomic mass is 35.5. The van der Waals surface area contributed by atoms with Gasteiger partial charge in [-0.05, 0) is 48.7 Å². The third kappa shape index (κ3) is 4.49. The highest BCUT2D eigenvalue weighted by Gasteiger charge is 2.35. The van der Waals surface area contributed by atoms with Crippen molar-refractivity contribution in [2.75, 3.05) is 31.6 Å². The van der Waals surface area contributed by atoms with Crippen LogP contribution >= 0.6 is 12.4 Å². The second-order valence-corrected chi connectivity index (χ2v) is 7.27. The predicted molar refractivity (Wildman–Crippen MR) is 111 cm³/mol. The molecule has 1 aliphatic heterocycles. The molecule has 1 atom stereocenters. The van der Waals surface area contributed by atoms with Crippen LogP contribution in [0.4, 0.5) is 5.69 Å². The van der Waals surface area contributed by atoms with Gasteiger partial charge in [-0.1, -0.05) is 31.2 Å². The number of rotatable bonds is 4. The lowest BCUT2D eigenvalue weighted by Crippen LogP contribution is -2.34. The second-order valence-electron chi connectivity index (χ2n) is 7.27. The van der Waals surface area contributed by atoms with Gasteiger partial charge < -0.3 is 15.5 Å². The van der Waals surface area contributed by atoms with Crippen LogP contribution in [-0.4, -0.2) is 43.4 Å². The third-order valence-corrected chi connectivity index (χ3v) is 5.14. The number of likely N-dealkylation sites (tertiary alicyclic amines) is 1. The minimum Gasteiger partial charge on any atom is -0.338 e. The van der Waals surface area contributed by atoms with Gasteiger partial charge in [0.25, 0.3) is 11.8 Å². The molecule has 2 N–H and O–H groups in total. The molecule has 1 aliphatic rings. The average Bonchev–Trinajstić information content (AvgIpc) is 3.10. The number of nitrogens with two attached hydrogens (primary N) is 1. The van der Waals surface area contributed by atoms with Crippen molar-refractivity contribution in [3.8, 4) is 0 Å². The quantitative estimate of drug-likeness (QED) is 0.876. The first-order chi connectivity index (χ1) is 12.4. The van der Waals surface area contributed by atoms with Gasteiger partial charge in [0.1, 0.15) is 0 Å². The van der Waals surface area contributed by atoms with Crippen molar-refractivity contribution in [2.45, 2.75) is 13.3 Å². The smallest absolute Gasteiger partial charge is 0.258 e. The standard InChI is InChI=1S/C21H25N3O2.ClH/c1-21(14-22)11-12-24(15-21)20(26)17-8-6-7-16(13-17)19(25)23(2)18-9-4-3-5-10-18;/h3-10,13H,11-12,14-15,22H2,1-2H3;1H. The maximum absolute atomic E-state index is 12.8. The van der Waals surface area contributed by atoms with Crippen LogP contribution in [0.25, 0.3) is 0 Å². The van der Waals surface area contributed by atoms with E-state index in [9.17, 15) is 9.59 Å². The zero-order valence-electron chi connectivity index (χ0n) is 15.7. The normalized spacial score (nSPS) is 18.7. The maximum Gasteiger partial charge on any atom is 0.258 e. The number of nitrogens with zero attached hydrogens (tertiary/aromatic N) is 2. The van der Waals surface area contributed by atoms with Crippen molar-refractivity contribution in [2.24, 2.45) is 11.1 Å². The fourth-order valence-corrected chi connectivity index (χ4v) is 3.29. The average molecular weight is 388 g/mol. The Balaban J connectivity index is 0.00000261. The number of para-hydroxylation sites is 1. The summed E-state index contributed by atoms with van der Waals surface area (Å²) in [5.74, 6) is -0.182. The fraction of sp³-hybridized carbons (Fsp3) is 0.333. The van der Waals surface area contributed by atoms with Crippen LogP contribution in [0, 0.1) is 5.41 Å². The Hall–Kier alpha value is -2.37. The second kappa shape index (κ2) is 8.55. The van der Waals surface area contributed by atoms with Gasteiger partial charge in [0.15, 0.2) is 0 Å². The van der Waals surface area contributed by atoms with Gasteiger partial charge in [-0.15, -0.1) is 12.4 Å². The minimum absolute atomic E-state index is 0. The Bertz CT molecular complexity index is 812. The summed E-state index contributed by atoms with van der Waals surface area (Å²) in [6, 6.07) is 16.4. The van der Waals surface area contributed by atoms with E-state index in [1.807, 2.05) is 35.2 Å². The van der Waals surface area contributed by atoms with E-state index in [1.165, 1.54) is 0 Å². The van der Waals surface area contributed by atoms with Gasteiger partial charge in [-0.2, -0.15) is 0 Å². The fourth-order valence-electron chi connectivity index (χ4n) is 3.29. The molecule has 1 unspecified atom stereocenters. The highest BCUT2D eigenvalue weighted by molar-refractivity contribution is 6.07. The lowest BCUT2D eigenvalue weighted by molar-refractivity contribution is 0.0777. The van der Waals surface area contributed by atoms with Crippen LogP contribution in [0.15, 0.2) is 54.6 Å². The van der Waals surface area contributed by atoms with Crippen LogP contribution in [-0.2, 0) is 0 Å². The van der Waals surface area contributed by atoms with Gasteiger partial charge in [-0.3, -0.25) is 9.59 Å². The summed E-state index contributed by atoms with van der Waals surface area (Å²) in [4.78, 5) is 29.0. The molecule has 144 valence electrons. The van der Waals surface area contributed by atoms with E-state index in [0.717, 1.165) is 12.1 Å². The molecule has 2 aromatic rings. The predicted octanol–water partition coefficient (Wildman–Crippen LogP) is 3.20. The van der Waals surface area contributed by atoms with Crippen molar-refractivity contribution >= 4 is 29.9 Å². The molecule has 0 aliphatic carbocycles. The lowest BCUT2D eigenvalue weighted by Gasteiger charge is -2.23. The molecule has 2 amide bonds. The number of hydrogen-bond donors (Lipinski definition) is 1. The van der Waals surface area contributed by atoms with Crippen LogP contribution in [0.2, 0.25) is 0 Å². The monoisotopic (exact) mass is 387 g/mol. The Morgan fingerprint density at radius 1 is 1.11 bits per heavy atom.